The maximum Gasteiger partial charge on any atom is 0.407 e. The molecule has 1 aliphatic rings. The summed E-state index contributed by atoms with van der Waals surface area (Å²) in [7, 11) is 0. The predicted octanol–water partition coefficient (Wildman–Crippen LogP) is 4.93. The van der Waals surface area contributed by atoms with Crippen LogP contribution in [0.2, 0.25) is 0 Å². The van der Waals surface area contributed by atoms with Gasteiger partial charge >= 0.3 is 12.1 Å². The van der Waals surface area contributed by atoms with Crippen LogP contribution in [0.15, 0.2) is 78.9 Å². The van der Waals surface area contributed by atoms with Crippen LogP contribution in [0.25, 0.3) is 11.1 Å². The number of amides is 1. The molecule has 0 aromatic heterocycles. The number of thioether (sulfide) groups is 1. The van der Waals surface area contributed by atoms with E-state index in [1.54, 1.807) is 0 Å². The normalized spacial score (nSPS) is 13.1. The van der Waals surface area contributed by atoms with Crippen LogP contribution in [0.1, 0.15) is 22.6 Å². The second-order valence-corrected chi connectivity index (χ2v) is 9.12. The Morgan fingerprint density at radius 2 is 1.53 bits per heavy atom. The molecule has 1 atom stereocenters. The number of alkyl carbamates (subject to hydrolysis) is 1. The standard InChI is InChI=1S/C27H27NO5S/c29-26(30)25(18-34-15-14-32-16-19-8-2-1-3-9-19)28-27(31)33-17-24-22-12-6-4-10-20(22)21-11-5-7-13-23(21)24/h1-13,24-25H,14-18H2,(H,28,31)(H,29,30). The lowest BCUT2D eigenvalue weighted by atomic mass is 9.98. The summed E-state index contributed by atoms with van der Waals surface area (Å²) < 4.78 is 11.1. The van der Waals surface area contributed by atoms with E-state index in [2.05, 4.69) is 17.4 Å². The largest absolute Gasteiger partial charge is 0.480 e. The number of nitrogens with one attached hydrogen (secondary N) is 1. The van der Waals surface area contributed by atoms with Crippen LogP contribution in [-0.2, 0) is 20.9 Å². The van der Waals surface area contributed by atoms with E-state index in [0.29, 0.717) is 19.0 Å². The summed E-state index contributed by atoms with van der Waals surface area (Å²) in [6.45, 7) is 1.16. The van der Waals surface area contributed by atoms with Crippen LogP contribution < -0.4 is 5.32 Å². The molecule has 7 heteroatoms. The van der Waals surface area contributed by atoms with Crippen molar-refractivity contribution in [1.29, 1.82) is 0 Å². The second-order valence-electron chi connectivity index (χ2n) is 7.97. The van der Waals surface area contributed by atoms with Crippen molar-refractivity contribution in [1.82, 2.24) is 5.32 Å². The average Bonchev–Trinajstić information content (AvgIpc) is 3.18. The van der Waals surface area contributed by atoms with Crippen molar-refractivity contribution in [3.8, 4) is 11.1 Å². The topological polar surface area (TPSA) is 84.9 Å². The van der Waals surface area contributed by atoms with Gasteiger partial charge in [0.25, 0.3) is 0 Å². The van der Waals surface area contributed by atoms with Crippen molar-refractivity contribution in [2.45, 2.75) is 18.6 Å². The molecule has 34 heavy (non-hydrogen) atoms. The summed E-state index contributed by atoms with van der Waals surface area (Å²) in [5, 5.41) is 12.0. The highest BCUT2D eigenvalue weighted by molar-refractivity contribution is 7.99. The van der Waals surface area contributed by atoms with Crippen LogP contribution in [0.3, 0.4) is 0 Å². The lowest BCUT2D eigenvalue weighted by Gasteiger charge is -2.17. The number of rotatable bonds is 11. The molecule has 1 unspecified atom stereocenters. The molecule has 0 radical (unpaired) electrons. The quantitative estimate of drug-likeness (QED) is 0.381. The van der Waals surface area contributed by atoms with Gasteiger partial charge in [-0.15, -0.1) is 0 Å². The number of hydrogen-bond donors (Lipinski definition) is 2. The van der Waals surface area contributed by atoms with E-state index in [1.807, 2.05) is 66.7 Å². The first-order valence-electron chi connectivity index (χ1n) is 11.2. The van der Waals surface area contributed by atoms with Crippen molar-refractivity contribution in [2.75, 3.05) is 24.7 Å². The zero-order valence-corrected chi connectivity index (χ0v) is 19.5. The maximum absolute atomic E-state index is 12.4. The number of carboxylic acids is 1. The molecule has 0 spiro atoms. The number of carboxylic acid groups (broad SMARTS) is 1. The minimum atomic E-state index is -1.09. The van der Waals surface area contributed by atoms with Gasteiger partial charge in [-0.25, -0.2) is 9.59 Å². The smallest absolute Gasteiger partial charge is 0.407 e. The van der Waals surface area contributed by atoms with Crippen LogP contribution in [-0.4, -0.2) is 47.9 Å². The third-order valence-corrected chi connectivity index (χ3v) is 6.73. The number of fused-ring (bicyclic) bond motifs is 3. The molecule has 176 valence electrons. The van der Waals surface area contributed by atoms with Crippen molar-refractivity contribution >= 4 is 23.8 Å². The number of benzene rings is 3. The highest BCUT2D eigenvalue weighted by atomic mass is 32.2. The fourth-order valence-corrected chi connectivity index (χ4v) is 4.90. The Bertz CT molecular complexity index is 1080. The van der Waals surface area contributed by atoms with Gasteiger partial charge < -0.3 is 19.9 Å². The van der Waals surface area contributed by atoms with Crippen LogP contribution >= 0.6 is 11.8 Å². The zero-order valence-electron chi connectivity index (χ0n) is 18.7. The lowest BCUT2D eigenvalue weighted by molar-refractivity contribution is -0.138. The second kappa shape index (κ2) is 11.7. The van der Waals surface area contributed by atoms with Crippen molar-refractivity contribution < 1.29 is 24.2 Å². The van der Waals surface area contributed by atoms with Gasteiger partial charge in [0.15, 0.2) is 0 Å². The van der Waals surface area contributed by atoms with E-state index in [-0.39, 0.29) is 18.3 Å². The number of carbonyl (C=O) groups is 2. The van der Waals surface area contributed by atoms with Gasteiger partial charge in [-0.3, -0.25) is 0 Å². The molecule has 0 bridgehead atoms. The fourth-order valence-electron chi connectivity index (χ4n) is 4.04. The first-order chi connectivity index (χ1) is 16.6. The summed E-state index contributed by atoms with van der Waals surface area (Å²) in [6, 6.07) is 25.0. The number of ether oxygens (including phenoxy) is 2. The monoisotopic (exact) mass is 477 g/mol. The third-order valence-electron chi connectivity index (χ3n) is 5.70. The SMILES string of the molecule is O=C(NC(CSCCOCc1ccccc1)C(=O)O)OCC1c2ccccc2-c2ccccc21. The molecule has 6 nitrogen and oxygen atoms in total. The van der Waals surface area contributed by atoms with Crippen LogP contribution in [0.4, 0.5) is 4.79 Å². The first kappa shape index (κ1) is 23.9. The molecule has 0 saturated carbocycles. The van der Waals surface area contributed by atoms with E-state index in [0.717, 1.165) is 27.8 Å². The Balaban J connectivity index is 1.22. The minimum Gasteiger partial charge on any atom is -0.480 e. The Kier molecular flexibility index (Phi) is 8.22. The van der Waals surface area contributed by atoms with E-state index in [1.165, 1.54) is 11.8 Å². The van der Waals surface area contributed by atoms with E-state index >= 15 is 0 Å². The van der Waals surface area contributed by atoms with E-state index in [9.17, 15) is 14.7 Å². The summed E-state index contributed by atoms with van der Waals surface area (Å²) in [6.07, 6.45) is -0.727. The summed E-state index contributed by atoms with van der Waals surface area (Å²) in [5.74, 6) is -0.305. The van der Waals surface area contributed by atoms with E-state index < -0.39 is 18.1 Å². The van der Waals surface area contributed by atoms with Gasteiger partial charge in [-0.2, -0.15) is 11.8 Å². The number of carbonyl (C=O) groups excluding carboxylic acids is 1. The Morgan fingerprint density at radius 1 is 0.912 bits per heavy atom. The number of hydrogen-bond acceptors (Lipinski definition) is 5. The molecule has 3 aromatic carbocycles. The Morgan fingerprint density at radius 3 is 2.18 bits per heavy atom. The van der Waals surface area contributed by atoms with Crippen LogP contribution in [0.5, 0.6) is 0 Å². The van der Waals surface area contributed by atoms with Crippen molar-refractivity contribution in [3.63, 3.8) is 0 Å². The molecule has 0 heterocycles. The Labute approximate surface area is 203 Å². The third kappa shape index (κ3) is 5.98. The molecule has 0 saturated heterocycles. The summed E-state index contributed by atoms with van der Waals surface area (Å²) in [4.78, 5) is 24.0. The van der Waals surface area contributed by atoms with Gasteiger partial charge in [0.1, 0.15) is 12.6 Å². The highest BCUT2D eigenvalue weighted by Gasteiger charge is 2.29. The molecule has 0 fully saturated rings. The van der Waals surface area contributed by atoms with Crippen molar-refractivity contribution in [2.24, 2.45) is 0 Å². The molecule has 1 aliphatic carbocycles. The van der Waals surface area contributed by atoms with Gasteiger partial charge in [0, 0.05) is 17.4 Å². The van der Waals surface area contributed by atoms with E-state index in [4.69, 9.17) is 9.47 Å². The van der Waals surface area contributed by atoms with Crippen LogP contribution in [0, 0.1) is 0 Å². The summed E-state index contributed by atoms with van der Waals surface area (Å²) in [5.41, 5.74) is 5.59. The average molecular weight is 478 g/mol. The van der Waals surface area contributed by atoms with Gasteiger partial charge in [-0.1, -0.05) is 78.9 Å². The summed E-state index contributed by atoms with van der Waals surface area (Å²) >= 11 is 1.42. The number of aliphatic carboxylic acids is 1. The highest BCUT2D eigenvalue weighted by Crippen LogP contribution is 2.44. The van der Waals surface area contributed by atoms with Gasteiger partial charge in [0.05, 0.1) is 13.2 Å². The predicted molar refractivity (Wildman–Crippen MR) is 133 cm³/mol. The fraction of sp³-hybridized carbons (Fsp3) is 0.259. The lowest BCUT2D eigenvalue weighted by Crippen LogP contribution is -2.43. The van der Waals surface area contributed by atoms with Gasteiger partial charge in [-0.05, 0) is 27.8 Å². The molecule has 0 aliphatic heterocycles. The van der Waals surface area contributed by atoms with Gasteiger partial charge in [0.2, 0.25) is 0 Å². The minimum absolute atomic E-state index is 0.0717. The molecule has 2 N–H and O–H groups in total. The molecular weight excluding hydrogens is 450 g/mol. The zero-order chi connectivity index (χ0) is 23.8. The molecule has 1 amide bonds. The molecule has 3 aromatic rings. The molecule has 4 rings (SSSR count). The molecular formula is C27H27NO5S. The van der Waals surface area contributed by atoms with Crippen molar-refractivity contribution in [3.05, 3.63) is 95.6 Å². The first-order valence-corrected chi connectivity index (χ1v) is 12.3. The Hall–Kier alpha value is -3.29. The maximum atomic E-state index is 12.4.